The van der Waals surface area contributed by atoms with Crippen LogP contribution in [0.25, 0.3) is 0 Å². The summed E-state index contributed by atoms with van der Waals surface area (Å²) in [4.78, 5) is 6.72. The van der Waals surface area contributed by atoms with Crippen LogP contribution in [0.3, 0.4) is 0 Å². The molecule has 4 heteroatoms. The lowest BCUT2D eigenvalue weighted by atomic mass is 10.1. The van der Waals surface area contributed by atoms with Crippen LogP contribution in [0, 0.1) is 0 Å². The summed E-state index contributed by atoms with van der Waals surface area (Å²) in [7, 11) is 3.81. The number of aromatic nitrogens is 1. The first-order chi connectivity index (χ1) is 7.31. The second-order valence-corrected chi connectivity index (χ2v) is 3.82. The molecule has 1 aromatic heterocycles. The van der Waals surface area contributed by atoms with Crippen molar-refractivity contribution in [3.8, 4) is 5.75 Å². The minimum atomic E-state index is 0.355. The van der Waals surface area contributed by atoms with Crippen LogP contribution in [-0.4, -0.2) is 43.7 Å². The van der Waals surface area contributed by atoms with Gasteiger partial charge in [-0.05, 0) is 13.1 Å². The van der Waals surface area contributed by atoms with Crippen molar-refractivity contribution < 1.29 is 4.74 Å². The Kier molecular flexibility index (Phi) is 3.18. The number of nitrogens with zero attached hydrogens (tertiary/aromatic N) is 2. The second kappa shape index (κ2) is 4.59. The molecule has 0 radical (unpaired) electrons. The molecule has 0 aliphatic carbocycles. The van der Waals surface area contributed by atoms with Crippen molar-refractivity contribution in [2.45, 2.75) is 6.04 Å². The fraction of sp³-hybridized carbons (Fsp3) is 0.545. The predicted molar refractivity (Wildman–Crippen MR) is 59.0 cm³/mol. The summed E-state index contributed by atoms with van der Waals surface area (Å²) in [6.07, 6.45) is 1.80. The van der Waals surface area contributed by atoms with Gasteiger partial charge in [0.15, 0.2) is 0 Å². The molecule has 0 saturated carbocycles. The molecular weight excluding hydrogens is 190 g/mol. The van der Waals surface area contributed by atoms with Crippen LogP contribution >= 0.6 is 0 Å². The van der Waals surface area contributed by atoms with E-state index in [-0.39, 0.29) is 0 Å². The van der Waals surface area contributed by atoms with Crippen LogP contribution in [0.1, 0.15) is 11.7 Å². The van der Waals surface area contributed by atoms with Gasteiger partial charge in [-0.1, -0.05) is 0 Å². The van der Waals surface area contributed by atoms with Gasteiger partial charge in [-0.25, -0.2) is 0 Å². The van der Waals surface area contributed by atoms with Gasteiger partial charge in [0.05, 0.1) is 18.8 Å². The Labute approximate surface area is 90.3 Å². The Morgan fingerprint density at radius 3 is 3.20 bits per heavy atom. The molecule has 1 aliphatic heterocycles. The van der Waals surface area contributed by atoms with Crippen LogP contribution in [0.15, 0.2) is 18.3 Å². The monoisotopic (exact) mass is 207 g/mol. The highest BCUT2D eigenvalue weighted by Gasteiger charge is 2.21. The lowest BCUT2D eigenvalue weighted by Crippen LogP contribution is -2.44. The molecule has 0 bridgehead atoms. The molecule has 2 rings (SSSR count). The summed E-state index contributed by atoms with van der Waals surface area (Å²) in [6.45, 7) is 3.07. The molecule has 0 amide bonds. The van der Waals surface area contributed by atoms with Crippen molar-refractivity contribution >= 4 is 0 Å². The van der Waals surface area contributed by atoms with Gasteiger partial charge < -0.3 is 10.1 Å². The van der Waals surface area contributed by atoms with Crippen LogP contribution in [0.2, 0.25) is 0 Å². The molecule has 1 saturated heterocycles. The van der Waals surface area contributed by atoms with Gasteiger partial charge in [-0.2, -0.15) is 0 Å². The van der Waals surface area contributed by atoms with Crippen LogP contribution in [0.5, 0.6) is 5.75 Å². The van der Waals surface area contributed by atoms with Crippen molar-refractivity contribution in [2.24, 2.45) is 0 Å². The van der Waals surface area contributed by atoms with E-state index in [0.717, 1.165) is 31.1 Å². The lowest BCUT2D eigenvalue weighted by molar-refractivity contribution is 0.198. The van der Waals surface area contributed by atoms with Gasteiger partial charge in [0.25, 0.3) is 0 Å². The second-order valence-electron chi connectivity index (χ2n) is 3.82. The maximum Gasteiger partial charge on any atom is 0.122 e. The summed E-state index contributed by atoms with van der Waals surface area (Å²) >= 11 is 0. The van der Waals surface area contributed by atoms with Gasteiger partial charge >= 0.3 is 0 Å². The minimum absolute atomic E-state index is 0.355. The molecule has 1 N–H and O–H groups in total. The van der Waals surface area contributed by atoms with E-state index in [0.29, 0.717) is 6.04 Å². The van der Waals surface area contributed by atoms with Crippen molar-refractivity contribution in [1.82, 2.24) is 15.2 Å². The molecule has 1 fully saturated rings. The zero-order valence-corrected chi connectivity index (χ0v) is 9.23. The van der Waals surface area contributed by atoms with Crippen LogP contribution in [0.4, 0.5) is 0 Å². The molecule has 82 valence electrons. The predicted octanol–water partition coefficient (Wildman–Crippen LogP) is 0.666. The number of nitrogens with one attached hydrogen (secondary N) is 1. The highest BCUT2D eigenvalue weighted by molar-refractivity contribution is 5.24. The van der Waals surface area contributed by atoms with Gasteiger partial charge in [0.2, 0.25) is 0 Å². The number of piperazine rings is 1. The lowest BCUT2D eigenvalue weighted by Gasteiger charge is -2.32. The molecule has 2 heterocycles. The smallest absolute Gasteiger partial charge is 0.122 e. The van der Waals surface area contributed by atoms with Crippen molar-refractivity contribution in [3.05, 3.63) is 24.0 Å². The maximum atomic E-state index is 5.20. The van der Waals surface area contributed by atoms with Gasteiger partial charge in [-0.3, -0.25) is 9.88 Å². The van der Waals surface area contributed by atoms with E-state index < -0.39 is 0 Å². The van der Waals surface area contributed by atoms with Crippen LogP contribution in [-0.2, 0) is 0 Å². The first-order valence-electron chi connectivity index (χ1n) is 5.22. The Morgan fingerprint density at radius 2 is 2.47 bits per heavy atom. The molecule has 0 spiro atoms. The van der Waals surface area contributed by atoms with E-state index in [1.807, 2.05) is 12.1 Å². The molecule has 15 heavy (non-hydrogen) atoms. The van der Waals surface area contributed by atoms with Gasteiger partial charge in [-0.15, -0.1) is 0 Å². The quantitative estimate of drug-likeness (QED) is 0.773. The molecule has 0 aromatic carbocycles. The summed E-state index contributed by atoms with van der Waals surface area (Å²) in [6, 6.07) is 4.24. The van der Waals surface area contributed by atoms with Crippen molar-refractivity contribution in [1.29, 1.82) is 0 Å². The van der Waals surface area contributed by atoms with E-state index in [4.69, 9.17) is 4.74 Å². The van der Waals surface area contributed by atoms with E-state index in [1.165, 1.54) is 0 Å². The molecule has 1 atom stereocenters. The first-order valence-corrected chi connectivity index (χ1v) is 5.22. The SMILES string of the molecule is COc1ccnc(C2CNCCN2C)c1. The number of hydrogen-bond donors (Lipinski definition) is 1. The molecular formula is C11H17N3O. The first kappa shape index (κ1) is 10.4. The van der Waals surface area contributed by atoms with Crippen LogP contribution < -0.4 is 10.1 Å². The minimum Gasteiger partial charge on any atom is -0.497 e. The Bertz CT molecular complexity index is 329. The normalized spacial score (nSPS) is 22.7. The maximum absolute atomic E-state index is 5.20. The average Bonchev–Trinajstić information content (AvgIpc) is 2.30. The van der Waals surface area contributed by atoms with Crippen molar-refractivity contribution in [2.75, 3.05) is 33.8 Å². The molecule has 1 unspecified atom stereocenters. The number of hydrogen-bond acceptors (Lipinski definition) is 4. The molecule has 1 aromatic rings. The Morgan fingerprint density at radius 1 is 1.60 bits per heavy atom. The fourth-order valence-electron chi connectivity index (χ4n) is 1.87. The summed E-state index contributed by atoms with van der Waals surface area (Å²) in [5.41, 5.74) is 1.07. The summed E-state index contributed by atoms with van der Waals surface area (Å²) in [5, 5.41) is 3.38. The Hall–Kier alpha value is -1.13. The number of rotatable bonds is 2. The summed E-state index contributed by atoms with van der Waals surface area (Å²) < 4.78 is 5.20. The highest BCUT2D eigenvalue weighted by atomic mass is 16.5. The molecule has 4 nitrogen and oxygen atoms in total. The van der Waals surface area contributed by atoms with E-state index in [2.05, 4.69) is 22.2 Å². The topological polar surface area (TPSA) is 37.4 Å². The third-order valence-corrected chi connectivity index (χ3v) is 2.84. The zero-order valence-electron chi connectivity index (χ0n) is 9.23. The summed E-state index contributed by atoms with van der Waals surface area (Å²) in [5.74, 6) is 0.874. The standard InChI is InChI=1S/C11H17N3O/c1-14-6-5-12-8-11(14)10-7-9(15-2)3-4-13-10/h3-4,7,11-12H,5-6,8H2,1-2H3. The highest BCUT2D eigenvalue weighted by Crippen LogP contribution is 2.21. The number of ether oxygens (including phenoxy) is 1. The van der Waals surface area contributed by atoms with E-state index >= 15 is 0 Å². The van der Waals surface area contributed by atoms with Gasteiger partial charge in [0.1, 0.15) is 5.75 Å². The Balaban J connectivity index is 2.19. The third kappa shape index (κ3) is 2.27. The fourth-order valence-corrected chi connectivity index (χ4v) is 1.87. The van der Waals surface area contributed by atoms with Gasteiger partial charge in [0, 0.05) is 31.9 Å². The number of pyridine rings is 1. The third-order valence-electron chi connectivity index (χ3n) is 2.84. The van der Waals surface area contributed by atoms with E-state index in [1.54, 1.807) is 13.3 Å². The van der Waals surface area contributed by atoms with E-state index in [9.17, 15) is 0 Å². The van der Waals surface area contributed by atoms with Crippen molar-refractivity contribution in [3.63, 3.8) is 0 Å². The zero-order chi connectivity index (χ0) is 10.7. The average molecular weight is 207 g/mol. The number of methoxy groups -OCH3 is 1. The molecule has 1 aliphatic rings. The number of likely N-dealkylation sites (N-methyl/N-ethyl adjacent to an activating group) is 1. The largest absolute Gasteiger partial charge is 0.497 e.